The molecule has 4 aromatic rings. The van der Waals surface area contributed by atoms with E-state index in [0.29, 0.717) is 11.4 Å². The van der Waals surface area contributed by atoms with Gasteiger partial charge in [0.1, 0.15) is 11.6 Å². The number of fused-ring (bicyclic) bond motifs is 1. The Morgan fingerprint density at radius 3 is 2.55 bits per heavy atom. The van der Waals surface area contributed by atoms with Crippen molar-refractivity contribution < 1.29 is 4.79 Å². The molecule has 3 aromatic heterocycles. The lowest BCUT2D eigenvalue weighted by atomic mass is 10.1. The smallest absolute Gasteiger partial charge is 0.258 e. The van der Waals surface area contributed by atoms with Crippen molar-refractivity contribution in [3.63, 3.8) is 0 Å². The molecule has 4 heterocycles. The van der Waals surface area contributed by atoms with Crippen LogP contribution in [-0.4, -0.2) is 64.0 Å². The fraction of sp³-hybridized carbons (Fsp3) is 0.208. The van der Waals surface area contributed by atoms with E-state index in [1.807, 2.05) is 30.3 Å². The highest BCUT2D eigenvalue weighted by Gasteiger charge is 2.17. The van der Waals surface area contributed by atoms with Crippen LogP contribution in [0.3, 0.4) is 0 Å². The van der Waals surface area contributed by atoms with E-state index in [4.69, 9.17) is 5.73 Å². The van der Waals surface area contributed by atoms with E-state index in [9.17, 15) is 4.79 Å². The highest BCUT2D eigenvalue weighted by molar-refractivity contribution is 6.04. The summed E-state index contributed by atoms with van der Waals surface area (Å²) in [5.74, 6) is 1.25. The zero-order valence-electron chi connectivity index (χ0n) is 18.3. The highest BCUT2D eigenvalue weighted by Crippen LogP contribution is 2.24. The fourth-order valence-electron chi connectivity index (χ4n) is 3.78. The molecular formula is C24H24N8O. The Balaban J connectivity index is 1.36. The maximum absolute atomic E-state index is 12.9. The minimum Gasteiger partial charge on any atom is -0.384 e. The molecule has 1 saturated heterocycles. The van der Waals surface area contributed by atoms with Gasteiger partial charge < -0.3 is 15.5 Å². The molecule has 9 nitrogen and oxygen atoms in total. The maximum atomic E-state index is 12.9. The van der Waals surface area contributed by atoms with Crippen molar-refractivity contribution in [3.8, 4) is 11.1 Å². The van der Waals surface area contributed by atoms with E-state index in [2.05, 4.69) is 42.1 Å². The number of likely N-dealkylation sites (N-methyl/N-ethyl adjacent to an activating group) is 1. The number of amides is 1. The predicted octanol–water partition coefficient (Wildman–Crippen LogP) is 2.67. The number of hydrogen-bond donors (Lipinski definition) is 2. The molecule has 0 saturated carbocycles. The van der Waals surface area contributed by atoms with Crippen molar-refractivity contribution in [1.29, 1.82) is 0 Å². The molecule has 166 valence electrons. The summed E-state index contributed by atoms with van der Waals surface area (Å²) in [5.41, 5.74) is 8.82. The number of carbonyl (C=O) groups is 1. The molecule has 0 atom stereocenters. The number of nitrogen functional groups attached to an aromatic ring is 1. The van der Waals surface area contributed by atoms with Gasteiger partial charge in [0, 0.05) is 61.3 Å². The molecule has 1 aromatic carbocycles. The van der Waals surface area contributed by atoms with E-state index < -0.39 is 0 Å². The molecule has 3 N–H and O–H groups in total. The van der Waals surface area contributed by atoms with Crippen LogP contribution >= 0.6 is 0 Å². The topological polar surface area (TPSA) is 113 Å². The van der Waals surface area contributed by atoms with Crippen molar-refractivity contribution in [3.05, 3.63) is 66.6 Å². The lowest BCUT2D eigenvalue weighted by Gasteiger charge is -2.33. The molecule has 33 heavy (non-hydrogen) atoms. The van der Waals surface area contributed by atoms with Crippen LogP contribution in [0.15, 0.2) is 61.1 Å². The normalized spacial score (nSPS) is 14.4. The van der Waals surface area contributed by atoms with Gasteiger partial charge in [-0.15, -0.1) is 0 Å². The average Bonchev–Trinajstić information content (AvgIpc) is 2.84. The Morgan fingerprint density at radius 2 is 1.76 bits per heavy atom. The van der Waals surface area contributed by atoms with E-state index >= 15 is 0 Å². The van der Waals surface area contributed by atoms with E-state index in [-0.39, 0.29) is 11.9 Å². The van der Waals surface area contributed by atoms with Crippen LogP contribution in [0.5, 0.6) is 0 Å². The van der Waals surface area contributed by atoms with Crippen LogP contribution in [0.1, 0.15) is 10.4 Å². The summed E-state index contributed by atoms with van der Waals surface area (Å²) in [6, 6.07) is 13.0. The largest absolute Gasteiger partial charge is 0.384 e. The van der Waals surface area contributed by atoms with E-state index in [0.717, 1.165) is 54.0 Å². The summed E-state index contributed by atoms with van der Waals surface area (Å²) in [4.78, 5) is 34.8. The third-order valence-corrected chi connectivity index (χ3v) is 5.76. The van der Waals surface area contributed by atoms with Gasteiger partial charge in [0.2, 0.25) is 5.95 Å². The molecular weight excluding hydrogens is 416 g/mol. The number of hydrogen-bond acceptors (Lipinski definition) is 8. The molecule has 1 amide bonds. The zero-order chi connectivity index (χ0) is 22.8. The zero-order valence-corrected chi connectivity index (χ0v) is 18.3. The maximum Gasteiger partial charge on any atom is 0.258 e. The van der Waals surface area contributed by atoms with Crippen LogP contribution in [0.25, 0.3) is 22.0 Å². The van der Waals surface area contributed by atoms with Gasteiger partial charge in [-0.25, -0.2) is 19.9 Å². The number of pyridine rings is 2. The first-order valence-corrected chi connectivity index (χ1v) is 10.7. The average molecular weight is 441 g/mol. The Morgan fingerprint density at radius 1 is 0.939 bits per heavy atom. The summed E-state index contributed by atoms with van der Waals surface area (Å²) in [6.07, 6.45) is 5.09. The van der Waals surface area contributed by atoms with Crippen molar-refractivity contribution in [2.24, 2.45) is 0 Å². The summed E-state index contributed by atoms with van der Waals surface area (Å²) in [5, 5.41) is 3.69. The standard InChI is InChI=1S/C24H24N8O/c1-31-8-10-32(11-9-31)22-13-17(6-7-26-22)23(33)30-24-28-15-19-3-2-16(12-20(19)29-24)18-4-5-21(25)27-14-18/h2-7,12-15H,8-11H2,1H3,(H2,25,27)(H,28,29,30,33). The summed E-state index contributed by atoms with van der Waals surface area (Å²) >= 11 is 0. The lowest BCUT2D eigenvalue weighted by Crippen LogP contribution is -2.44. The van der Waals surface area contributed by atoms with Crippen LogP contribution in [-0.2, 0) is 0 Å². The molecule has 0 unspecified atom stereocenters. The van der Waals surface area contributed by atoms with Crippen molar-refractivity contribution >= 4 is 34.4 Å². The Hall–Kier alpha value is -4.11. The second-order valence-corrected chi connectivity index (χ2v) is 8.09. The molecule has 0 bridgehead atoms. The van der Waals surface area contributed by atoms with Gasteiger partial charge in [-0.05, 0) is 42.9 Å². The SMILES string of the molecule is CN1CCN(c2cc(C(=O)Nc3ncc4ccc(-c5ccc(N)nc5)cc4n3)ccn2)CC1. The first kappa shape index (κ1) is 20.8. The number of carbonyl (C=O) groups excluding carboxylic acids is 1. The molecule has 0 aliphatic carbocycles. The fourth-order valence-corrected chi connectivity index (χ4v) is 3.78. The molecule has 1 aliphatic heterocycles. The number of rotatable bonds is 4. The quantitative estimate of drug-likeness (QED) is 0.498. The van der Waals surface area contributed by atoms with Gasteiger partial charge in [0.15, 0.2) is 0 Å². The van der Waals surface area contributed by atoms with Crippen molar-refractivity contribution in [1.82, 2.24) is 24.8 Å². The number of nitrogens with zero attached hydrogens (tertiary/aromatic N) is 6. The second-order valence-electron chi connectivity index (χ2n) is 8.09. The van der Waals surface area contributed by atoms with Gasteiger partial charge in [-0.2, -0.15) is 0 Å². The summed E-state index contributed by atoms with van der Waals surface area (Å²) in [6.45, 7) is 3.71. The third kappa shape index (κ3) is 4.58. The van der Waals surface area contributed by atoms with Crippen LogP contribution in [0.2, 0.25) is 0 Å². The second kappa shape index (κ2) is 8.79. The molecule has 1 aliphatic rings. The summed E-state index contributed by atoms with van der Waals surface area (Å²) in [7, 11) is 2.10. The predicted molar refractivity (Wildman–Crippen MR) is 129 cm³/mol. The number of piperazine rings is 1. The van der Waals surface area contributed by atoms with Gasteiger partial charge >= 0.3 is 0 Å². The minimum atomic E-state index is -0.272. The number of aromatic nitrogens is 4. The molecule has 0 radical (unpaired) electrons. The molecule has 1 fully saturated rings. The van der Waals surface area contributed by atoms with Crippen molar-refractivity contribution in [2.45, 2.75) is 0 Å². The van der Waals surface area contributed by atoms with E-state index in [1.54, 1.807) is 30.7 Å². The Bertz CT molecular complexity index is 1300. The van der Waals surface area contributed by atoms with Crippen LogP contribution < -0.4 is 16.0 Å². The number of anilines is 3. The van der Waals surface area contributed by atoms with Crippen LogP contribution in [0, 0.1) is 0 Å². The number of nitrogens with two attached hydrogens (primary N) is 1. The Labute approximate surface area is 191 Å². The molecule has 9 heteroatoms. The highest BCUT2D eigenvalue weighted by atomic mass is 16.1. The number of nitrogens with one attached hydrogen (secondary N) is 1. The lowest BCUT2D eigenvalue weighted by molar-refractivity contribution is 0.102. The Kier molecular flexibility index (Phi) is 5.54. The monoisotopic (exact) mass is 440 g/mol. The summed E-state index contributed by atoms with van der Waals surface area (Å²) < 4.78 is 0. The first-order chi connectivity index (χ1) is 16.0. The van der Waals surface area contributed by atoms with Gasteiger partial charge in [0.25, 0.3) is 5.91 Å². The van der Waals surface area contributed by atoms with Crippen LogP contribution in [0.4, 0.5) is 17.6 Å². The minimum absolute atomic E-state index is 0.248. The van der Waals surface area contributed by atoms with Crippen molar-refractivity contribution in [2.75, 3.05) is 49.2 Å². The molecule has 5 rings (SSSR count). The van der Waals surface area contributed by atoms with Gasteiger partial charge in [-0.3, -0.25) is 10.1 Å². The first-order valence-electron chi connectivity index (χ1n) is 10.7. The van der Waals surface area contributed by atoms with Gasteiger partial charge in [0.05, 0.1) is 5.52 Å². The molecule has 0 spiro atoms. The third-order valence-electron chi connectivity index (χ3n) is 5.76. The number of benzene rings is 1. The van der Waals surface area contributed by atoms with Gasteiger partial charge in [-0.1, -0.05) is 12.1 Å². The van der Waals surface area contributed by atoms with E-state index in [1.165, 1.54) is 0 Å².